The number of hydrogen-bond donors (Lipinski definition) is 0. The van der Waals surface area contributed by atoms with Crippen LogP contribution in [-0.2, 0) is 16.2 Å². The fourth-order valence-corrected chi connectivity index (χ4v) is 2.68. The van der Waals surface area contributed by atoms with Crippen LogP contribution in [0.3, 0.4) is 0 Å². The lowest BCUT2D eigenvalue weighted by molar-refractivity contribution is -0.137. The summed E-state index contributed by atoms with van der Waals surface area (Å²) in [7, 11) is -3.97. The van der Waals surface area contributed by atoms with E-state index < -0.39 is 34.3 Å². The summed E-state index contributed by atoms with van der Waals surface area (Å²) in [6, 6.07) is 4.48. The molecule has 0 aromatic heterocycles. The Hall–Kier alpha value is -2.54. The number of sulfonamides is 1. The van der Waals surface area contributed by atoms with E-state index in [1.807, 2.05) is 0 Å². The van der Waals surface area contributed by atoms with Crippen LogP contribution in [0.4, 0.5) is 23.7 Å². The summed E-state index contributed by atoms with van der Waals surface area (Å²) in [4.78, 5) is 12.9. The summed E-state index contributed by atoms with van der Waals surface area (Å²) in [5.74, 6) is 0. The molecular formula is C13H10F3N3O3S. The number of urea groups is 1. The van der Waals surface area contributed by atoms with Gasteiger partial charge in [0.25, 0.3) is 0 Å². The van der Waals surface area contributed by atoms with Crippen molar-refractivity contribution >= 4 is 21.7 Å². The first-order chi connectivity index (χ1) is 10.5. The van der Waals surface area contributed by atoms with E-state index in [0.717, 1.165) is 24.6 Å². The van der Waals surface area contributed by atoms with Gasteiger partial charge in [0.1, 0.15) is 0 Å². The highest BCUT2D eigenvalue weighted by Crippen LogP contribution is 2.33. The Bertz CT molecular complexity index is 825. The molecule has 10 heteroatoms. The number of anilines is 1. The van der Waals surface area contributed by atoms with Crippen molar-refractivity contribution in [3.05, 3.63) is 41.6 Å². The zero-order valence-electron chi connectivity index (χ0n) is 11.7. The second-order valence-corrected chi connectivity index (χ2v) is 6.64. The van der Waals surface area contributed by atoms with Gasteiger partial charge in [-0.2, -0.15) is 18.4 Å². The van der Waals surface area contributed by atoms with Crippen molar-refractivity contribution in [2.24, 2.45) is 0 Å². The number of nitrogens with zero attached hydrogens (tertiary/aromatic N) is 3. The maximum Gasteiger partial charge on any atom is 0.416 e. The van der Waals surface area contributed by atoms with Gasteiger partial charge in [-0.25, -0.2) is 17.5 Å². The molecular weight excluding hydrogens is 335 g/mol. The van der Waals surface area contributed by atoms with Gasteiger partial charge in [0.05, 0.1) is 35.7 Å². The number of halogens is 3. The molecule has 1 aliphatic rings. The Balaban J connectivity index is 2.53. The first-order valence-electron chi connectivity index (χ1n) is 6.13. The molecule has 0 spiro atoms. The standard InChI is InChI=1S/C13H10F3N3O3S/c1-23(21,22)19-8-9(6-17)7-18(12(19)20)11-4-2-3-10(5-11)13(14,15)16/h2-5,7H,8H2,1H3. The first kappa shape index (κ1) is 16.8. The van der Waals surface area contributed by atoms with Gasteiger partial charge in [-0.1, -0.05) is 6.07 Å². The van der Waals surface area contributed by atoms with Crippen LogP contribution in [0, 0.1) is 11.3 Å². The summed E-state index contributed by atoms with van der Waals surface area (Å²) in [6.45, 7) is -0.455. The third kappa shape index (κ3) is 3.45. The zero-order chi connectivity index (χ0) is 17.4. The second kappa shape index (κ2) is 5.58. The first-order valence-corrected chi connectivity index (χ1v) is 7.98. The molecule has 0 aliphatic carbocycles. The highest BCUT2D eigenvalue weighted by Gasteiger charge is 2.35. The second-order valence-electron chi connectivity index (χ2n) is 4.74. The van der Waals surface area contributed by atoms with Crippen LogP contribution < -0.4 is 4.90 Å². The van der Waals surface area contributed by atoms with E-state index in [4.69, 9.17) is 5.26 Å². The molecule has 1 aliphatic heterocycles. The monoisotopic (exact) mass is 345 g/mol. The number of carbonyl (C=O) groups excluding carboxylic acids is 1. The van der Waals surface area contributed by atoms with Gasteiger partial charge in [-0.3, -0.25) is 4.90 Å². The van der Waals surface area contributed by atoms with Crippen LogP contribution in [0.1, 0.15) is 5.56 Å². The molecule has 23 heavy (non-hydrogen) atoms. The van der Waals surface area contributed by atoms with Crippen LogP contribution >= 0.6 is 0 Å². The predicted octanol–water partition coefficient (Wildman–Crippen LogP) is 2.31. The number of amides is 2. The van der Waals surface area contributed by atoms with Crippen molar-refractivity contribution in [3.8, 4) is 6.07 Å². The Morgan fingerprint density at radius 2 is 1.96 bits per heavy atom. The van der Waals surface area contributed by atoms with Gasteiger partial charge in [-0.15, -0.1) is 0 Å². The predicted molar refractivity (Wildman–Crippen MR) is 74.6 cm³/mol. The molecule has 1 aromatic carbocycles. The minimum Gasteiger partial charge on any atom is -0.268 e. The maximum absolute atomic E-state index is 12.8. The van der Waals surface area contributed by atoms with E-state index in [2.05, 4.69) is 0 Å². The molecule has 0 saturated carbocycles. The summed E-state index contributed by atoms with van der Waals surface area (Å²) in [5, 5.41) is 8.95. The normalized spacial score (nSPS) is 16.1. The van der Waals surface area contributed by atoms with Crippen LogP contribution in [-0.4, -0.2) is 31.6 Å². The SMILES string of the molecule is CS(=O)(=O)N1CC(C#N)=CN(c2cccc(C(F)(F)F)c2)C1=O. The van der Waals surface area contributed by atoms with Crippen molar-refractivity contribution in [2.75, 3.05) is 17.7 Å². The molecule has 122 valence electrons. The molecule has 0 bridgehead atoms. The third-order valence-electron chi connectivity index (χ3n) is 3.01. The highest BCUT2D eigenvalue weighted by atomic mass is 32.2. The zero-order valence-corrected chi connectivity index (χ0v) is 12.5. The lowest BCUT2D eigenvalue weighted by Gasteiger charge is -2.31. The number of nitriles is 1. The molecule has 1 aromatic rings. The summed E-state index contributed by atoms with van der Waals surface area (Å²) in [5.41, 5.74) is -1.26. The van der Waals surface area contributed by atoms with Gasteiger partial charge in [0.15, 0.2) is 0 Å². The number of carbonyl (C=O) groups is 1. The van der Waals surface area contributed by atoms with Gasteiger partial charge in [-0.05, 0) is 18.2 Å². The molecule has 0 saturated heterocycles. The molecule has 2 rings (SSSR count). The van der Waals surface area contributed by atoms with Crippen LogP contribution in [0.5, 0.6) is 0 Å². The third-order valence-corrected chi connectivity index (χ3v) is 4.10. The van der Waals surface area contributed by atoms with Crippen LogP contribution in [0.15, 0.2) is 36.0 Å². The fourth-order valence-electron chi connectivity index (χ4n) is 1.93. The van der Waals surface area contributed by atoms with Gasteiger partial charge < -0.3 is 0 Å². The Labute approximate surface area is 130 Å². The average Bonchev–Trinajstić information content (AvgIpc) is 2.45. The van der Waals surface area contributed by atoms with E-state index in [9.17, 15) is 26.4 Å². The van der Waals surface area contributed by atoms with E-state index in [1.54, 1.807) is 6.07 Å². The average molecular weight is 345 g/mol. The maximum atomic E-state index is 12.8. The fraction of sp³-hybridized carbons (Fsp3) is 0.231. The quantitative estimate of drug-likeness (QED) is 0.824. The summed E-state index contributed by atoms with van der Waals surface area (Å²) < 4.78 is 62.0. The Morgan fingerprint density at radius 1 is 1.30 bits per heavy atom. The van der Waals surface area contributed by atoms with Crippen LogP contribution in [0.2, 0.25) is 0 Å². The Kier molecular flexibility index (Phi) is 4.08. The molecule has 2 amide bonds. The number of benzene rings is 1. The molecule has 0 unspecified atom stereocenters. The van der Waals surface area contributed by atoms with Crippen molar-refractivity contribution < 1.29 is 26.4 Å². The van der Waals surface area contributed by atoms with E-state index in [1.165, 1.54) is 6.07 Å². The minimum absolute atomic E-state index is 0.0764. The molecule has 0 atom stereocenters. The summed E-state index contributed by atoms with van der Waals surface area (Å²) >= 11 is 0. The molecule has 1 heterocycles. The minimum atomic E-state index is -4.62. The van der Waals surface area contributed by atoms with Gasteiger partial charge in [0.2, 0.25) is 10.0 Å². The van der Waals surface area contributed by atoms with E-state index in [-0.39, 0.29) is 11.3 Å². The highest BCUT2D eigenvalue weighted by molar-refractivity contribution is 7.88. The van der Waals surface area contributed by atoms with E-state index >= 15 is 0 Å². The number of alkyl halides is 3. The molecule has 0 radical (unpaired) electrons. The topological polar surface area (TPSA) is 81.5 Å². The molecule has 0 N–H and O–H groups in total. The number of hydrogen-bond acceptors (Lipinski definition) is 4. The van der Waals surface area contributed by atoms with Crippen molar-refractivity contribution in [2.45, 2.75) is 6.18 Å². The van der Waals surface area contributed by atoms with Crippen molar-refractivity contribution in [3.63, 3.8) is 0 Å². The van der Waals surface area contributed by atoms with Crippen molar-refractivity contribution in [1.29, 1.82) is 5.26 Å². The largest absolute Gasteiger partial charge is 0.416 e. The number of rotatable bonds is 2. The van der Waals surface area contributed by atoms with Crippen molar-refractivity contribution in [1.82, 2.24) is 4.31 Å². The summed E-state index contributed by atoms with van der Waals surface area (Å²) in [6.07, 6.45) is -2.82. The molecule has 0 fully saturated rings. The lowest BCUT2D eigenvalue weighted by Crippen LogP contribution is -2.48. The molecule has 6 nitrogen and oxygen atoms in total. The Morgan fingerprint density at radius 3 is 2.48 bits per heavy atom. The smallest absolute Gasteiger partial charge is 0.268 e. The van der Waals surface area contributed by atoms with Crippen LogP contribution in [0.25, 0.3) is 0 Å². The van der Waals surface area contributed by atoms with Gasteiger partial charge in [0, 0.05) is 6.20 Å². The van der Waals surface area contributed by atoms with E-state index in [0.29, 0.717) is 15.3 Å². The van der Waals surface area contributed by atoms with Gasteiger partial charge >= 0.3 is 12.2 Å². The lowest BCUT2D eigenvalue weighted by atomic mass is 10.1.